The molecule has 0 spiro atoms. The fraction of sp³-hybridized carbons (Fsp3) is 0.320. The summed E-state index contributed by atoms with van der Waals surface area (Å²) in [5.41, 5.74) is 5.07. The van der Waals surface area contributed by atoms with Gasteiger partial charge >= 0.3 is 0 Å². The second-order valence-electron chi connectivity index (χ2n) is 8.10. The van der Waals surface area contributed by atoms with Gasteiger partial charge in [-0.25, -0.2) is 9.97 Å². The van der Waals surface area contributed by atoms with Crippen LogP contribution in [0.25, 0.3) is 11.3 Å². The molecule has 2 atom stereocenters. The second kappa shape index (κ2) is 7.33. The van der Waals surface area contributed by atoms with E-state index in [1.165, 1.54) is 11.1 Å². The van der Waals surface area contributed by atoms with E-state index >= 15 is 0 Å². The Labute approximate surface area is 171 Å². The Hall–Kier alpha value is -3.19. The lowest BCUT2D eigenvalue weighted by molar-refractivity contribution is 0.533. The standard InChI is InChI=1S/C25H24N4/c26-17-25(16-8-14-21(25)18-9-3-1-4-10-18)29-24-27-22-15-7-13-20(22)23(28-24)19-11-5-2-6-12-19/h1-6,9-12,21H,7-8,13-16H2,(H,27,28,29). The smallest absolute Gasteiger partial charge is 0.224 e. The Morgan fingerprint density at radius 2 is 1.69 bits per heavy atom. The van der Waals surface area contributed by atoms with Crippen LogP contribution < -0.4 is 5.32 Å². The third-order valence-electron chi connectivity index (χ3n) is 6.38. The number of benzene rings is 2. The molecule has 2 aromatic carbocycles. The van der Waals surface area contributed by atoms with E-state index < -0.39 is 5.54 Å². The molecule has 0 saturated heterocycles. The highest BCUT2D eigenvalue weighted by molar-refractivity contribution is 5.66. The van der Waals surface area contributed by atoms with Crippen LogP contribution in [-0.4, -0.2) is 15.5 Å². The minimum Gasteiger partial charge on any atom is -0.335 e. The van der Waals surface area contributed by atoms with Gasteiger partial charge in [0.25, 0.3) is 0 Å². The molecule has 0 radical (unpaired) electrons. The van der Waals surface area contributed by atoms with E-state index in [0.29, 0.717) is 5.95 Å². The van der Waals surface area contributed by atoms with Crippen LogP contribution >= 0.6 is 0 Å². The largest absolute Gasteiger partial charge is 0.335 e. The maximum Gasteiger partial charge on any atom is 0.224 e. The molecule has 5 rings (SSSR count). The number of nitriles is 1. The predicted octanol–water partition coefficient (Wildman–Crippen LogP) is 5.27. The van der Waals surface area contributed by atoms with Gasteiger partial charge < -0.3 is 5.32 Å². The minimum absolute atomic E-state index is 0.144. The first-order valence-corrected chi connectivity index (χ1v) is 10.5. The highest BCUT2D eigenvalue weighted by Gasteiger charge is 2.45. The third kappa shape index (κ3) is 3.17. The van der Waals surface area contributed by atoms with E-state index in [0.717, 1.165) is 55.5 Å². The Morgan fingerprint density at radius 3 is 2.45 bits per heavy atom. The van der Waals surface area contributed by atoms with Crippen molar-refractivity contribution in [2.24, 2.45) is 0 Å². The minimum atomic E-state index is -0.665. The van der Waals surface area contributed by atoms with Gasteiger partial charge in [0.2, 0.25) is 5.95 Å². The van der Waals surface area contributed by atoms with E-state index in [4.69, 9.17) is 9.97 Å². The number of anilines is 1. The molecule has 1 N–H and O–H groups in total. The second-order valence-corrected chi connectivity index (χ2v) is 8.10. The fourth-order valence-corrected chi connectivity index (χ4v) is 4.98. The maximum absolute atomic E-state index is 10.2. The van der Waals surface area contributed by atoms with Crippen LogP contribution in [-0.2, 0) is 12.8 Å². The normalized spacial score (nSPS) is 22.8. The lowest BCUT2D eigenvalue weighted by Gasteiger charge is -2.30. The predicted molar refractivity (Wildman–Crippen MR) is 114 cm³/mol. The van der Waals surface area contributed by atoms with E-state index in [1.54, 1.807) is 0 Å². The van der Waals surface area contributed by atoms with Gasteiger partial charge in [-0.3, -0.25) is 0 Å². The summed E-state index contributed by atoms with van der Waals surface area (Å²) in [6.07, 6.45) is 5.95. The molecular formula is C25H24N4. The molecule has 0 aliphatic heterocycles. The van der Waals surface area contributed by atoms with E-state index in [1.807, 2.05) is 24.3 Å². The molecule has 4 nitrogen and oxygen atoms in total. The van der Waals surface area contributed by atoms with Crippen molar-refractivity contribution in [3.05, 3.63) is 77.5 Å². The number of nitrogens with one attached hydrogen (secondary N) is 1. The molecule has 29 heavy (non-hydrogen) atoms. The number of aryl methyl sites for hydroxylation is 1. The molecule has 1 aromatic heterocycles. The number of rotatable bonds is 4. The van der Waals surface area contributed by atoms with Crippen LogP contribution in [0.3, 0.4) is 0 Å². The monoisotopic (exact) mass is 380 g/mol. The summed E-state index contributed by atoms with van der Waals surface area (Å²) >= 11 is 0. The molecule has 0 amide bonds. The molecule has 1 heterocycles. The lowest BCUT2D eigenvalue weighted by Crippen LogP contribution is -2.40. The average Bonchev–Trinajstić information content (AvgIpc) is 3.42. The average molecular weight is 380 g/mol. The Morgan fingerprint density at radius 1 is 0.931 bits per heavy atom. The van der Waals surface area contributed by atoms with Gasteiger partial charge in [0, 0.05) is 22.7 Å². The summed E-state index contributed by atoms with van der Waals surface area (Å²) in [7, 11) is 0. The van der Waals surface area contributed by atoms with Gasteiger partial charge in [0.15, 0.2) is 0 Å². The first-order valence-electron chi connectivity index (χ1n) is 10.5. The summed E-state index contributed by atoms with van der Waals surface area (Å²) in [6.45, 7) is 0. The van der Waals surface area contributed by atoms with E-state index in [9.17, 15) is 5.26 Å². The van der Waals surface area contributed by atoms with Gasteiger partial charge in [0.1, 0.15) is 5.54 Å². The molecule has 3 aromatic rings. The first kappa shape index (κ1) is 17.9. The zero-order chi connectivity index (χ0) is 19.7. The van der Waals surface area contributed by atoms with Gasteiger partial charge in [-0.2, -0.15) is 5.26 Å². The third-order valence-corrected chi connectivity index (χ3v) is 6.38. The Kier molecular flexibility index (Phi) is 4.52. The zero-order valence-electron chi connectivity index (χ0n) is 16.4. The molecule has 2 unspecified atom stereocenters. The highest BCUT2D eigenvalue weighted by Crippen LogP contribution is 2.44. The molecule has 4 heteroatoms. The maximum atomic E-state index is 10.2. The zero-order valence-corrected chi connectivity index (χ0v) is 16.4. The number of hydrogen-bond donors (Lipinski definition) is 1. The summed E-state index contributed by atoms with van der Waals surface area (Å²) in [5.74, 6) is 0.736. The molecule has 1 saturated carbocycles. The summed E-state index contributed by atoms with van der Waals surface area (Å²) in [6, 6.07) is 23.3. The van der Waals surface area contributed by atoms with Crippen molar-refractivity contribution < 1.29 is 0 Å². The number of fused-ring (bicyclic) bond motifs is 1. The van der Waals surface area contributed by atoms with Gasteiger partial charge in [-0.05, 0) is 44.1 Å². The van der Waals surface area contributed by atoms with Gasteiger partial charge in [-0.15, -0.1) is 0 Å². The highest BCUT2D eigenvalue weighted by atomic mass is 15.2. The van der Waals surface area contributed by atoms with Gasteiger partial charge in [0.05, 0.1) is 11.8 Å². The SMILES string of the molecule is N#CC1(Nc2nc3c(c(-c4ccccc4)n2)CCC3)CCCC1c1ccccc1. The van der Waals surface area contributed by atoms with Crippen molar-refractivity contribution in [3.63, 3.8) is 0 Å². The number of hydrogen-bond acceptors (Lipinski definition) is 4. The number of aromatic nitrogens is 2. The van der Waals surface area contributed by atoms with Crippen LogP contribution in [0.15, 0.2) is 60.7 Å². The number of nitrogens with zero attached hydrogens (tertiary/aromatic N) is 3. The lowest BCUT2D eigenvalue weighted by atomic mass is 9.83. The molecule has 144 valence electrons. The molecule has 1 fully saturated rings. The fourth-order valence-electron chi connectivity index (χ4n) is 4.98. The molecule has 2 aliphatic rings. The van der Waals surface area contributed by atoms with E-state index in [-0.39, 0.29) is 5.92 Å². The van der Waals surface area contributed by atoms with Crippen LogP contribution in [0.4, 0.5) is 5.95 Å². The Bertz CT molecular complexity index is 1060. The van der Waals surface area contributed by atoms with Crippen molar-refractivity contribution in [2.45, 2.75) is 50.0 Å². The van der Waals surface area contributed by atoms with Crippen molar-refractivity contribution in [2.75, 3.05) is 5.32 Å². The molecule has 2 aliphatic carbocycles. The van der Waals surface area contributed by atoms with Crippen LogP contribution in [0.5, 0.6) is 0 Å². The van der Waals surface area contributed by atoms with Crippen molar-refractivity contribution >= 4 is 5.95 Å². The summed E-state index contributed by atoms with van der Waals surface area (Å²) < 4.78 is 0. The summed E-state index contributed by atoms with van der Waals surface area (Å²) in [4.78, 5) is 9.78. The Balaban J connectivity index is 1.55. The quantitative estimate of drug-likeness (QED) is 0.669. The topological polar surface area (TPSA) is 61.6 Å². The first-order chi connectivity index (χ1) is 14.3. The van der Waals surface area contributed by atoms with Crippen molar-refractivity contribution in [1.82, 2.24) is 9.97 Å². The van der Waals surface area contributed by atoms with Crippen molar-refractivity contribution in [3.8, 4) is 17.3 Å². The molecule has 0 bridgehead atoms. The van der Waals surface area contributed by atoms with Crippen LogP contribution in [0.2, 0.25) is 0 Å². The van der Waals surface area contributed by atoms with E-state index in [2.05, 4.69) is 47.8 Å². The summed E-state index contributed by atoms with van der Waals surface area (Å²) in [5, 5.41) is 13.7. The van der Waals surface area contributed by atoms with Crippen LogP contribution in [0.1, 0.15) is 48.4 Å². The molecular weight excluding hydrogens is 356 g/mol. The van der Waals surface area contributed by atoms with Crippen LogP contribution in [0, 0.1) is 11.3 Å². The van der Waals surface area contributed by atoms with Gasteiger partial charge in [-0.1, -0.05) is 60.7 Å². The van der Waals surface area contributed by atoms with Crippen molar-refractivity contribution in [1.29, 1.82) is 5.26 Å².